The second-order valence-electron chi connectivity index (χ2n) is 4.94. The van der Waals surface area contributed by atoms with Crippen molar-refractivity contribution in [2.75, 3.05) is 20.6 Å². The van der Waals surface area contributed by atoms with Crippen LogP contribution in [-0.2, 0) is 21.2 Å². The molecule has 3 N–H and O–H groups in total. The van der Waals surface area contributed by atoms with Crippen LogP contribution in [0, 0.1) is 0 Å². The monoisotopic (exact) mass is 313 g/mol. The van der Waals surface area contributed by atoms with Gasteiger partial charge >= 0.3 is 0 Å². The molecule has 0 aliphatic carbocycles. The van der Waals surface area contributed by atoms with Gasteiger partial charge in [-0.15, -0.1) is 0 Å². The molecular weight excluding hydrogens is 290 g/mol. The number of amides is 1. The fourth-order valence-corrected chi connectivity index (χ4v) is 2.51. The van der Waals surface area contributed by atoms with Gasteiger partial charge in [-0.3, -0.25) is 4.79 Å². The first kappa shape index (κ1) is 17.6. The zero-order valence-electron chi connectivity index (χ0n) is 12.7. The number of hydrogen-bond acceptors (Lipinski definition) is 4. The standard InChI is InChI=1S/C14H23N3O3S/c1-11(10-15)17(3)14(18)9-6-12-4-7-13(8-5-12)21(19,20)16-2/h4-5,7-8,11,16H,6,9-10,15H2,1-3H3. The molecule has 0 aliphatic heterocycles. The number of nitrogens with one attached hydrogen (secondary N) is 1. The highest BCUT2D eigenvalue weighted by molar-refractivity contribution is 7.89. The first-order chi connectivity index (χ1) is 9.81. The van der Waals surface area contributed by atoms with E-state index in [1.54, 1.807) is 24.1 Å². The Labute approximate surface area is 126 Å². The van der Waals surface area contributed by atoms with Gasteiger partial charge in [0.05, 0.1) is 4.90 Å². The lowest BCUT2D eigenvalue weighted by atomic mass is 10.1. The van der Waals surface area contributed by atoms with Crippen molar-refractivity contribution in [1.82, 2.24) is 9.62 Å². The molecule has 6 nitrogen and oxygen atoms in total. The number of hydrogen-bond donors (Lipinski definition) is 2. The highest BCUT2D eigenvalue weighted by Gasteiger charge is 2.14. The molecule has 1 unspecified atom stereocenters. The van der Waals surface area contributed by atoms with Gasteiger partial charge in [0, 0.05) is 26.1 Å². The van der Waals surface area contributed by atoms with E-state index in [1.165, 1.54) is 19.2 Å². The van der Waals surface area contributed by atoms with Crippen molar-refractivity contribution in [3.63, 3.8) is 0 Å². The molecule has 1 rings (SSSR count). The van der Waals surface area contributed by atoms with Gasteiger partial charge < -0.3 is 10.6 Å². The minimum absolute atomic E-state index is 0.0145. The molecule has 0 fully saturated rings. The topological polar surface area (TPSA) is 92.5 Å². The molecule has 21 heavy (non-hydrogen) atoms. The van der Waals surface area contributed by atoms with Gasteiger partial charge in [0.2, 0.25) is 15.9 Å². The van der Waals surface area contributed by atoms with E-state index in [2.05, 4.69) is 4.72 Å². The van der Waals surface area contributed by atoms with Crippen LogP contribution in [0.3, 0.4) is 0 Å². The lowest BCUT2D eigenvalue weighted by Gasteiger charge is -2.23. The van der Waals surface area contributed by atoms with Crippen molar-refractivity contribution in [2.24, 2.45) is 5.73 Å². The molecule has 0 heterocycles. The van der Waals surface area contributed by atoms with Gasteiger partial charge in [0.15, 0.2) is 0 Å². The van der Waals surface area contributed by atoms with Crippen molar-refractivity contribution >= 4 is 15.9 Å². The Morgan fingerprint density at radius 3 is 2.38 bits per heavy atom. The van der Waals surface area contributed by atoms with Crippen LogP contribution in [0.4, 0.5) is 0 Å². The number of nitrogens with two attached hydrogens (primary N) is 1. The quantitative estimate of drug-likeness (QED) is 0.759. The molecular formula is C14H23N3O3S. The summed E-state index contributed by atoms with van der Waals surface area (Å²) >= 11 is 0. The average molecular weight is 313 g/mol. The van der Waals surface area contributed by atoms with Crippen LogP contribution in [0.1, 0.15) is 18.9 Å². The van der Waals surface area contributed by atoms with Crippen LogP contribution in [0.2, 0.25) is 0 Å². The Balaban J connectivity index is 2.63. The summed E-state index contributed by atoms with van der Waals surface area (Å²) in [6.07, 6.45) is 0.944. The lowest BCUT2D eigenvalue weighted by molar-refractivity contribution is -0.131. The number of nitrogens with zero attached hydrogens (tertiary/aromatic N) is 1. The van der Waals surface area contributed by atoms with Gasteiger partial charge in [-0.25, -0.2) is 13.1 Å². The normalized spacial score (nSPS) is 13.0. The van der Waals surface area contributed by atoms with Crippen molar-refractivity contribution < 1.29 is 13.2 Å². The van der Waals surface area contributed by atoms with Crippen LogP contribution < -0.4 is 10.5 Å². The average Bonchev–Trinajstić information content (AvgIpc) is 2.51. The fourth-order valence-electron chi connectivity index (χ4n) is 1.78. The van der Waals surface area contributed by atoms with E-state index in [-0.39, 0.29) is 16.8 Å². The highest BCUT2D eigenvalue weighted by atomic mass is 32.2. The third-order valence-corrected chi connectivity index (χ3v) is 4.96. The van der Waals surface area contributed by atoms with Crippen LogP contribution >= 0.6 is 0 Å². The van der Waals surface area contributed by atoms with E-state index in [4.69, 9.17) is 5.73 Å². The van der Waals surface area contributed by atoms with Crippen molar-refractivity contribution in [3.05, 3.63) is 29.8 Å². The number of carbonyl (C=O) groups excluding carboxylic acids is 1. The number of sulfonamides is 1. The maximum atomic E-state index is 12.0. The smallest absolute Gasteiger partial charge is 0.240 e. The van der Waals surface area contributed by atoms with E-state index in [0.717, 1.165) is 5.56 Å². The van der Waals surface area contributed by atoms with Gasteiger partial charge in [-0.1, -0.05) is 12.1 Å². The van der Waals surface area contributed by atoms with Crippen LogP contribution in [-0.4, -0.2) is 45.9 Å². The van der Waals surface area contributed by atoms with E-state index < -0.39 is 10.0 Å². The second kappa shape index (κ2) is 7.53. The molecule has 0 spiro atoms. The molecule has 1 amide bonds. The van der Waals surface area contributed by atoms with E-state index in [9.17, 15) is 13.2 Å². The van der Waals surface area contributed by atoms with Gasteiger partial charge in [0.25, 0.3) is 0 Å². The maximum absolute atomic E-state index is 12.0. The first-order valence-electron chi connectivity index (χ1n) is 6.80. The number of carbonyl (C=O) groups is 1. The Morgan fingerprint density at radius 2 is 1.90 bits per heavy atom. The fraction of sp³-hybridized carbons (Fsp3) is 0.500. The third kappa shape index (κ3) is 4.80. The van der Waals surface area contributed by atoms with Crippen LogP contribution in [0.5, 0.6) is 0 Å². The van der Waals surface area contributed by atoms with Gasteiger partial charge in [-0.2, -0.15) is 0 Å². The molecule has 0 saturated heterocycles. The number of likely N-dealkylation sites (N-methyl/N-ethyl adjacent to an activating group) is 1. The van der Waals surface area contributed by atoms with Crippen LogP contribution in [0.25, 0.3) is 0 Å². The first-order valence-corrected chi connectivity index (χ1v) is 8.28. The summed E-state index contributed by atoms with van der Waals surface area (Å²) in [4.78, 5) is 13.8. The zero-order chi connectivity index (χ0) is 16.0. The maximum Gasteiger partial charge on any atom is 0.240 e. The Kier molecular flexibility index (Phi) is 6.32. The number of rotatable bonds is 7. The molecule has 0 bridgehead atoms. The summed E-state index contributed by atoms with van der Waals surface area (Å²) in [7, 11) is -0.303. The third-order valence-electron chi connectivity index (χ3n) is 3.53. The largest absolute Gasteiger partial charge is 0.342 e. The SMILES string of the molecule is CNS(=O)(=O)c1ccc(CCC(=O)N(C)C(C)CN)cc1. The summed E-state index contributed by atoms with van der Waals surface area (Å²) in [6.45, 7) is 2.33. The van der Waals surface area contributed by atoms with E-state index >= 15 is 0 Å². The number of benzene rings is 1. The lowest BCUT2D eigenvalue weighted by Crippen LogP contribution is -2.39. The molecule has 0 radical (unpaired) electrons. The number of aryl methyl sites for hydroxylation is 1. The van der Waals surface area contributed by atoms with E-state index in [1.807, 2.05) is 6.92 Å². The van der Waals surface area contributed by atoms with E-state index in [0.29, 0.717) is 19.4 Å². The van der Waals surface area contributed by atoms with Crippen LogP contribution in [0.15, 0.2) is 29.2 Å². The Morgan fingerprint density at radius 1 is 1.33 bits per heavy atom. The van der Waals surface area contributed by atoms with Gasteiger partial charge in [0.1, 0.15) is 0 Å². The summed E-state index contributed by atoms with van der Waals surface area (Å²) in [5, 5.41) is 0. The Bertz CT molecular complexity index is 570. The van der Waals surface area contributed by atoms with Gasteiger partial charge in [-0.05, 0) is 38.1 Å². The molecule has 0 aromatic heterocycles. The Hall–Kier alpha value is -1.44. The summed E-state index contributed by atoms with van der Waals surface area (Å²) < 4.78 is 25.4. The molecule has 0 aliphatic rings. The summed E-state index contributed by atoms with van der Waals surface area (Å²) in [6, 6.07) is 6.55. The molecule has 1 aromatic rings. The minimum atomic E-state index is -3.41. The molecule has 0 saturated carbocycles. The molecule has 1 aromatic carbocycles. The zero-order valence-corrected chi connectivity index (χ0v) is 13.5. The molecule has 7 heteroatoms. The second-order valence-corrected chi connectivity index (χ2v) is 6.83. The molecule has 118 valence electrons. The summed E-state index contributed by atoms with van der Waals surface area (Å²) in [5.41, 5.74) is 6.46. The van der Waals surface area contributed by atoms with Crippen molar-refractivity contribution in [1.29, 1.82) is 0 Å². The highest BCUT2D eigenvalue weighted by Crippen LogP contribution is 2.12. The minimum Gasteiger partial charge on any atom is -0.342 e. The van der Waals surface area contributed by atoms with Crippen molar-refractivity contribution in [2.45, 2.75) is 30.7 Å². The predicted molar refractivity (Wildman–Crippen MR) is 82.3 cm³/mol. The summed E-state index contributed by atoms with van der Waals surface area (Å²) in [5.74, 6) is 0.0277. The van der Waals surface area contributed by atoms with Crippen molar-refractivity contribution in [3.8, 4) is 0 Å². The predicted octanol–water partition coefficient (Wildman–Crippen LogP) is 0.333. The molecule has 1 atom stereocenters.